The zero-order valence-electron chi connectivity index (χ0n) is 8.70. The van der Waals surface area contributed by atoms with E-state index in [0.717, 1.165) is 0 Å². The van der Waals surface area contributed by atoms with E-state index in [9.17, 15) is 9.18 Å². The first-order valence-electron chi connectivity index (χ1n) is 4.63. The molecular weight excluding hydrogens is 197 g/mol. The molecule has 0 heterocycles. The monoisotopic (exact) mass is 211 g/mol. The van der Waals surface area contributed by atoms with Gasteiger partial charge in [0.15, 0.2) is 0 Å². The topological polar surface area (TPSA) is 63.3 Å². The van der Waals surface area contributed by atoms with Gasteiger partial charge in [0.25, 0.3) is 0 Å². The highest BCUT2D eigenvalue weighted by Crippen LogP contribution is 2.26. The number of aliphatic carboxylic acids is 1. The SMILES string of the molecule is CC(C(=O)O)C(C)(N)c1ccc(F)cc1. The van der Waals surface area contributed by atoms with Crippen molar-refractivity contribution in [1.82, 2.24) is 0 Å². The van der Waals surface area contributed by atoms with E-state index >= 15 is 0 Å². The lowest BCUT2D eigenvalue weighted by atomic mass is 9.81. The molecule has 3 N–H and O–H groups in total. The van der Waals surface area contributed by atoms with Crippen molar-refractivity contribution in [2.24, 2.45) is 11.7 Å². The molecule has 0 aliphatic carbocycles. The maximum Gasteiger partial charge on any atom is 0.308 e. The lowest BCUT2D eigenvalue weighted by Gasteiger charge is -2.29. The second-order valence-corrected chi connectivity index (χ2v) is 3.85. The molecule has 2 atom stereocenters. The molecule has 0 amide bonds. The predicted octanol–water partition coefficient (Wildman–Crippen LogP) is 1.72. The van der Waals surface area contributed by atoms with Crippen LogP contribution in [0.3, 0.4) is 0 Å². The Kier molecular flexibility index (Phi) is 3.09. The normalized spacial score (nSPS) is 16.8. The second-order valence-electron chi connectivity index (χ2n) is 3.85. The van der Waals surface area contributed by atoms with E-state index < -0.39 is 17.4 Å². The summed E-state index contributed by atoms with van der Waals surface area (Å²) in [5.41, 5.74) is 5.54. The maximum absolute atomic E-state index is 12.7. The molecule has 2 unspecified atom stereocenters. The summed E-state index contributed by atoms with van der Waals surface area (Å²) < 4.78 is 12.7. The van der Waals surface area contributed by atoms with Crippen molar-refractivity contribution in [2.75, 3.05) is 0 Å². The molecule has 0 aliphatic heterocycles. The molecule has 0 radical (unpaired) electrons. The van der Waals surface area contributed by atoms with Crippen LogP contribution in [0.2, 0.25) is 0 Å². The van der Waals surface area contributed by atoms with E-state index in [2.05, 4.69) is 0 Å². The molecular formula is C11H14FNO2. The van der Waals surface area contributed by atoms with Gasteiger partial charge in [-0.05, 0) is 31.5 Å². The minimum Gasteiger partial charge on any atom is -0.481 e. The average Bonchev–Trinajstić information content (AvgIpc) is 2.17. The Balaban J connectivity index is 3.05. The number of carboxylic acids is 1. The lowest BCUT2D eigenvalue weighted by molar-refractivity contribution is -0.143. The van der Waals surface area contributed by atoms with Crippen molar-refractivity contribution in [3.8, 4) is 0 Å². The maximum atomic E-state index is 12.7. The molecule has 82 valence electrons. The van der Waals surface area contributed by atoms with Crippen molar-refractivity contribution >= 4 is 5.97 Å². The van der Waals surface area contributed by atoms with Crippen molar-refractivity contribution in [1.29, 1.82) is 0 Å². The molecule has 1 aromatic rings. The van der Waals surface area contributed by atoms with E-state index in [4.69, 9.17) is 10.8 Å². The van der Waals surface area contributed by atoms with Gasteiger partial charge in [-0.25, -0.2) is 4.39 Å². The number of hydrogen-bond donors (Lipinski definition) is 2. The molecule has 4 heteroatoms. The van der Waals surface area contributed by atoms with Crippen LogP contribution in [0.25, 0.3) is 0 Å². The molecule has 0 bridgehead atoms. The van der Waals surface area contributed by atoms with E-state index in [1.165, 1.54) is 31.2 Å². The largest absolute Gasteiger partial charge is 0.481 e. The number of nitrogens with two attached hydrogens (primary N) is 1. The minimum atomic E-state index is -1.00. The molecule has 0 aliphatic rings. The van der Waals surface area contributed by atoms with Crippen molar-refractivity contribution in [3.05, 3.63) is 35.6 Å². The van der Waals surface area contributed by atoms with Gasteiger partial charge in [-0.2, -0.15) is 0 Å². The van der Waals surface area contributed by atoms with Crippen LogP contribution < -0.4 is 5.73 Å². The van der Waals surface area contributed by atoms with E-state index in [1.54, 1.807) is 6.92 Å². The molecule has 0 fully saturated rings. The minimum absolute atomic E-state index is 0.363. The third kappa shape index (κ3) is 2.33. The smallest absolute Gasteiger partial charge is 0.308 e. The summed E-state index contributed by atoms with van der Waals surface area (Å²) in [4.78, 5) is 10.8. The summed E-state index contributed by atoms with van der Waals surface area (Å²) in [6.45, 7) is 3.16. The Bertz CT molecular complexity index is 359. The standard InChI is InChI=1S/C11H14FNO2/c1-7(10(14)15)11(2,13)8-3-5-9(12)6-4-8/h3-7H,13H2,1-2H3,(H,14,15). The molecule has 0 spiro atoms. The number of rotatable bonds is 3. The summed E-state index contributed by atoms with van der Waals surface area (Å²) in [6, 6.07) is 5.56. The first-order chi connectivity index (χ1) is 6.85. The summed E-state index contributed by atoms with van der Waals surface area (Å²) in [6.07, 6.45) is 0. The number of halogens is 1. The van der Waals surface area contributed by atoms with Crippen LogP contribution in [0.4, 0.5) is 4.39 Å². The first-order valence-corrected chi connectivity index (χ1v) is 4.63. The van der Waals surface area contributed by atoms with Crippen LogP contribution in [-0.2, 0) is 10.3 Å². The molecule has 0 aromatic heterocycles. The third-order valence-corrected chi connectivity index (χ3v) is 2.74. The van der Waals surface area contributed by atoms with Crippen LogP contribution in [-0.4, -0.2) is 11.1 Å². The van der Waals surface area contributed by atoms with Crippen LogP contribution in [0.1, 0.15) is 19.4 Å². The van der Waals surface area contributed by atoms with Gasteiger partial charge in [0.2, 0.25) is 0 Å². The second kappa shape index (κ2) is 3.98. The molecule has 0 saturated carbocycles. The Hall–Kier alpha value is -1.42. The predicted molar refractivity (Wildman–Crippen MR) is 54.7 cm³/mol. The Morgan fingerprint density at radius 2 is 1.93 bits per heavy atom. The van der Waals surface area contributed by atoms with E-state index in [-0.39, 0.29) is 5.82 Å². The van der Waals surface area contributed by atoms with Gasteiger partial charge in [0.05, 0.1) is 11.5 Å². The number of benzene rings is 1. The molecule has 0 saturated heterocycles. The van der Waals surface area contributed by atoms with Gasteiger partial charge in [0.1, 0.15) is 5.82 Å². The zero-order chi connectivity index (χ0) is 11.6. The Morgan fingerprint density at radius 1 is 1.47 bits per heavy atom. The van der Waals surface area contributed by atoms with Crippen molar-refractivity contribution in [2.45, 2.75) is 19.4 Å². The van der Waals surface area contributed by atoms with Gasteiger partial charge in [-0.1, -0.05) is 12.1 Å². The van der Waals surface area contributed by atoms with Crippen molar-refractivity contribution < 1.29 is 14.3 Å². The Labute approximate surface area is 87.7 Å². The van der Waals surface area contributed by atoms with Gasteiger partial charge >= 0.3 is 5.97 Å². The molecule has 1 rings (SSSR count). The zero-order valence-corrected chi connectivity index (χ0v) is 8.70. The van der Waals surface area contributed by atoms with Crippen LogP contribution in [0, 0.1) is 11.7 Å². The van der Waals surface area contributed by atoms with Crippen molar-refractivity contribution in [3.63, 3.8) is 0 Å². The first kappa shape index (κ1) is 11.7. The fourth-order valence-corrected chi connectivity index (χ4v) is 1.32. The van der Waals surface area contributed by atoms with Gasteiger partial charge < -0.3 is 10.8 Å². The number of carbonyl (C=O) groups is 1. The highest BCUT2D eigenvalue weighted by molar-refractivity contribution is 5.71. The lowest BCUT2D eigenvalue weighted by Crippen LogP contribution is -2.43. The van der Waals surface area contributed by atoms with E-state index in [0.29, 0.717) is 5.56 Å². The Morgan fingerprint density at radius 3 is 2.33 bits per heavy atom. The molecule has 3 nitrogen and oxygen atoms in total. The summed E-state index contributed by atoms with van der Waals surface area (Å²) in [7, 11) is 0. The van der Waals surface area contributed by atoms with E-state index in [1.807, 2.05) is 0 Å². The molecule has 15 heavy (non-hydrogen) atoms. The summed E-state index contributed by atoms with van der Waals surface area (Å²) in [5, 5.41) is 8.88. The fourth-order valence-electron chi connectivity index (χ4n) is 1.32. The van der Waals surface area contributed by atoms with Gasteiger partial charge in [-0.15, -0.1) is 0 Å². The van der Waals surface area contributed by atoms with Crippen LogP contribution in [0.15, 0.2) is 24.3 Å². The summed E-state index contributed by atoms with van der Waals surface area (Å²) >= 11 is 0. The fraction of sp³-hybridized carbons (Fsp3) is 0.364. The molecule has 1 aromatic carbocycles. The van der Waals surface area contributed by atoms with Gasteiger partial charge in [-0.3, -0.25) is 4.79 Å². The third-order valence-electron chi connectivity index (χ3n) is 2.74. The highest BCUT2D eigenvalue weighted by Gasteiger charge is 2.33. The highest BCUT2D eigenvalue weighted by atomic mass is 19.1. The average molecular weight is 211 g/mol. The number of hydrogen-bond acceptors (Lipinski definition) is 2. The quantitative estimate of drug-likeness (QED) is 0.800. The summed E-state index contributed by atoms with van der Waals surface area (Å²) in [5.74, 6) is -2.06. The van der Waals surface area contributed by atoms with Crippen LogP contribution >= 0.6 is 0 Å². The van der Waals surface area contributed by atoms with Gasteiger partial charge in [0, 0.05) is 0 Å². The van der Waals surface area contributed by atoms with Crippen LogP contribution in [0.5, 0.6) is 0 Å². The number of carboxylic acid groups (broad SMARTS) is 1.